The number of nitrogens with zero attached hydrogens (tertiary/aromatic N) is 2. The van der Waals surface area contributed by atoms with Crippen LogP contribution >= 0.6 is 0 Å². The van der Waals surface area contributed by atoms with Gasteiger partial charge in [-0.3, -0.25) is 4.90 Å². The summed E-state index contributed by atoms with van der Waals surface area (Å²) in [5.41, 5.74) is 1.28. The van der Waals surface area contributed by atoms with Gasteiger partial charge in [0.05, 0.1) is 19.9 Å². The van der Waals surface area contributed by atoms with Gasteiger partial charge < -0.3 is 9.15 Å². The molecule has 1 aromatic heterocycles. The van der Waals surface area contributed by atoms with E-state index in [1.54, 1.807) is 13.3 Å². The van der Waals surface area contributed by atoms with Crippen LogP contribution in [0.2, 0.25) is 0 Å². The Morgan fingerprint density at radius 1 is 1.38 bits per heavy atom. The lowest BCUT2D eigenvalue weighted by Crippen LogP contribution is -2.30. The molecule has 0 unspecified atom stereocenters. The lowest BCUT2D eigenvalue weighted by atomic mass is 10.0. The van der Waals surface area contributed by atoms with Gasteiger partial charge in [-0.25, -0.2) is 4.98 Å². The van der Waals surface area contributed by atoms with Crippen molar-refractivity contribution < 1.29 is 9.15 Å². The van der Waals surface area contributed by atoms with E-state index >= 15 is 0 Å². The first-order valence-electron chi connectivity index (χ1n) is 7.53. The molecule has 0 radical (unpaired) electrons. The minimum Gasteiger partial charge on any atom is -0.496 e. The highest BCUT2D eigenvalue weighted by atomic mass is 16.5. The molecule has 0 saturated carbocycles. The number of aryl methyl sites for hydroxylation is 1. The number of para-hydroxylation sites is 1. The molecule has 0 bridgehead atoms. The first kappa shape index (κ1) is 14.1. The first-order valence-corrected chi connectivity index (χ1v) is 7.53. The topological polar surface area (TPSA) is 38.5 Å². The SMILES string of the molecule is COc1ccccc1C[C@@H]1CCCN1Cc1ncc(C)o1. The molecule has 112 valence electrons. The van der Waals surface area contributed by atoms with Crippen molar-refractivity contribution in [2.45, 2.75) is 38.8 Å². The first-order chi connectivity index (χ1) is 10.3. The maximum Gasteiger partial charge on any atom is 0.208 e. The highest BCUT2D eigenvalue weighted by Crippen LogP contribution is 2.27. The molecule has 1 aliphatic heterocycles. The van der Waals surface area contributed by atoms with E-state index in [-0.39, 0.29) is 0 Å². The summed E-state index contributed by atoms with van der Waals surface area (Å²) in [7, 11) is 1.74. The fourth-order valence-electron chi connectivity index (χ4n) is 3.11. The minimum atomic E-state index is 0.536. The second-order valence-corrected chi connectivity index (χ2v) is 5.65. The summed E-state index contributed by atoms with van der Waals surface area (Å²) >= 11 is 0. The Labute approximate surface area is 125 Å². The molecule has 0 aliphatic carbocycles. The molecule has 4 heteroatoms. The quantitative estimate of drug-likeness (QED) is 0.846. The minimum absolute atomic E-state index is 0.536. The van der Waals surface area contributed by atoms with Gasteiger partial charge in [-0.15, -0.1) is 0 Å². The molecule has 1 saturated heterocycles. The van der Waals surface area contributed by atoms with Gasteiger partial charge in [-0.1, -0.05) is 18.2 Å². The second-order valence-electron chi connectivity index (χ2n) is 5.65. The van der Waals surface area contributed by atoms with Crippen LogP contribution in [0.5, 0.6) is 5.75 Å². The van der Waals surface area contributed by atoms with E-state index in [0.29, 0.717) is 6.04 Å². The van der Waals surface area contributed by atoms with Gasteiger partial charge in [0, 0.05) is 6.04 Å². The Kier molecular flexibility index (Phi) is 4.25. The van der Waals surface area contributed by atoms with E-state index in [1.807, 2.05) is 19.1 Å². The third-order valence-corrected chi connectivity index (χ3v) is 4.15. The van der Waals surface area contributed by atoms with Crippen molar-refractivity contribution in [2.24, 2.45) is 0 Å². The molecule has 0 spiro atoms. The number of methoxy groups -OCH3 is 1. The van der Waals surface area contributed by atoms with E-state index in [2.05, 4.69) is 22.0 Å². The molecule has 4 nitrogen and oxygen atoms in total. The summed E-state index contributed by atoms with van der Waals surface area (Å²) in [6.07, 6.45) is 5.27. The number of oxazole rings is 1. The van der Waals surface area contributed by atoms with Crippen molar-refractivity contribution in [3.05, 3.63) is 47.7 Å². The highest BCUT2D eigenvalue weighted by Gasteiger charge is 2.26. The molecule has 0 N–H and O–H groups in total. The van der Waals surface area contributed by atoms with Gasteiger partial charge in [0.1, 0.15) is 11.5 Å². The zero-order valence-corrected chi connectivity index (χ0v) is 12.7. The van der Waals surface area contributed by atoms with Crippen LogP contribution in [0.3, 0.4) is 0 Å². The average Bonchev–Trinajstić information content (AvgIpc) is 3.10. The third-order valence-electron chi connectivity index (χ3n) is 4.15. The number of benzene rings is 1. The molecule has 21 heavy (non-hydrogen) atoms. The summed E-state index contributed by atoms with van der Waals surface area (Å²) in [4.78, 5) is 6.79. The standard InChI is InChI=1S/C17H22N2O2/c1-13-11-18-17(21-13)12-19-9-5-7-15(19)10-14-6-3-4-8-16(14)20-2/h3-4,6,8,11,15H,5,7,9-10,12H2,1-2H3/t15-/m0/s1. The Morgan fingerprint density at radius 3 is 3.00 bits per heavy atom. The van der Waals surface area contributed by atoms with Crippen molar-refractivity contribution in [3.63, 3.8) is 0 Å². The summed E-state index contributed by atoms with van der Waals surface area (Å²) in [5.74, 6) is 2.68. The fraction of sp³-hybridized carbons (Fsp3) is 0.471. The molecule has 3 rings (SSSR count). The van der Waals surface area contributed by atoms with Crippen molar-refractivity contribution in [1.29, 1.82) is 0 Å². The van der Waals surface area contributed by atoms with Crippen LogP contribution in [0.25, 0.3) is 0 Å². The van der Waals surface area contributed by atoms with Crippen molar-refractivity contribution in [3.8, 4) is 5.75 Å². The number of rotatable bonds is 5. The number of ether oxygens (including phenoxy) is 1. The van der Waals surface area contributed by atoms with Crippen LogP contribution in [0.4, 0.5) is 0 Å². The molecular weight excluding hydrogens is 264 g/mol. The lowest BCUT2D eigenvalue weighted by Gasteiger charge is -2.23. The fourth-order valence-corrected chi connectivity index (χ4v) is 3.11. The monoisotopic (exact) mass is 286 g/mol. The Balaban J connectivity index is 1.69. The normalized spacial score (nSPS) is 19.0. The molecule has 0 amide bonds. The summed E-state index contributed by atoms with van der Waals surface area (Å²) < 4.78 is 11.1. The number of aromatic nitrogens is 1. The summed E-state index contributed by atoms with van der Waals surface area (Å²) in [6.45, 7) is 3.85. The maximum absolute atomic E-state index is 5.61. The number of hydrogen-bond donors (Lipinski definition) is 0. The average molecular weight is 286 g/mol. The summed E-state index contributed by atoms with van der Waals surface area (Å²) in [6, 6.07) is 8.82. The zero-order chi connectivity index (χ0) is 14.7. The van der Waals surface area contributed by atoms with Crippen LogP contribution in [0.1, 0.15) is 30.1 Å². The smallest absolute Gasteiger partial charge is 0.208 e. The maximum atomic E-state index is 5.61. The van der Waals surface area contributed by atoms with Crippen molar-refractivity contribution in [2.75, 3.05) is 13.7 Å². The Hall–Kier alpha value is -1.81. The van der Waals surface area contributed by atoms with E-state index < -0.39 is 0 Å². The molecule has 2 heterocycles. The molecule has 1 atom stereocenters. The zero-order valence-electron chi connectivity index (χ0n) is 12.7. The number of likely N-dealkylation sites (tertiary alicyclic amines) is 1. The predicted octanol–water partition coefficient (Wildman–Crippen LogP) is 3.20. The highest BCUT2D eigenvalue weighted by molar-refractivity contribution is 5.34. The largest absolute Gasteiger partial charge is 0.496 e. The summed E-state index contributed by atoms with van der Waals surface area (Å²) in [5, 5.41) is 0. The van der Waals surface area contributed by atoms with Crippen molar-refractivity contribution >= 4 is 0 Å². The van der Waals surface area contributed by atoms with Crippen molar-refractivity contribution in [1.82, 2.24) is 9.88 Å². The Morgan fingerprint density at radius 2 is 2.24 bits per heavy atom. The predicted molar refractivity (Wildman–Crippen MR) is 81.4 cm³/mol. The van der Waals surface area contributed by atoms with Crippen LogP contribution in [-0.2, 0) is 13.0 Å². The third kappa shape index (κ3) is 3.27. The molecule has 2 aromatic rings. The van der Waals surface area contributed by atoms with Crippen LogP contribution in [-0.4, -0.2) is 29.6 Å². The van der Waals surface area contributed by atoms with Gasteiger partial charge in [0.2, 0.25) is 5.89 Å². The number of hydrogen-bond acceptors (Lipinski definition) is 4. The molecular formula is C17H22N2O2. The van der Waals surface area contributed by atoms with E-state index in [4.69, 9.17) is 9.15 Å². The second kappa shape index (κ2) is 6.31. The van der Waals surface area contributed by atoms with Crippen LogP contribution in [0, 0.1) is 6.92 Å². The van der Waals surface area contributed by atoms with Gasteiger partial charge in [-0.2, -0.15) is 0 Å². The lowest BCUT2D eigenvalue weighted by molar-refractivity contribution is 0.218. The molecule has 1 aliphatic rings. The Bertz CT molecular complexity index is 594. The van der Waals surface area contributed by atoms with Gasteiger partial charge >= 0.3 is 0 Å². The van der Waals surface area contributed by atoms with E-state index in [1.165, 1.54) is 18.4 Å². The van der Waals surface area contributed by atoms with Crippen LogP contribution < -0.4 is 4.74 Å². The van der Waals surface area contributed by atoms with Crippen LogP contribution in [0.15, 0.2) is 34.9 Å². The van der Waals surface area contributed by atoms with E-state index in [9.17, 15) is 0 Å². The molecule has 1 fully saturated rings. The van der Waals surface area contributed by atoms with E-state index in [0.717, 1.165) is 36.9 Å². The van der Waals surface area contributed by atoms with Gasteiger partial charge in [-0.05, 0) is 44.4 Å². The van der Waals surface area contributed by atoms with Gasteiger partial charge in [0.25, 0.3) is 0 Å². The van der Waals surface area contributed by atoms with Gasteiger partial charge in [0.15, 0.2) is 0 Å². The molecule has 1 aromatic carbocycles.